The van der Waals surface area contributed by atoms with Crippen LogP contribution in [0.4, 0.5) is 0 Å². The number of nitrogen functional groups attached to an aromatic ring is 1. The standard InChI is InChI=1S/C14H23N5OS/c1-9-4-2-3-5-11(9)16-12(20)8-21-14-18-17-13(19(14)15)10-6-7-10/h9-11H,2-8,15H2,1H3,(H,16,20)/t9-,11+/m0/s1. The summed E-state index contributed by atoms with van der Waals surface area (Å²) in [4.78, 5) is 12.1. The lowest BCUT2D eigenvalue weighted by atomic mass is 9.86. The van der Waals surface area contributed by atoms with Crippen LogP contribution in [0, 0.1) is 5.92 Å². The minimum atomic E-state index is 0.0646. The van der Waals surface area contributed by atoms with Gasteiger partial charge in [-0.1, -0.05) is 31.5 Å². The number of carbonyl (C=O) groups is 1. The van der Waals surface area contributed by atoms with E-state index in [4.69, 9.17) is 5.84 Å². The van der Waals surface area contributed by atoms with E-state index in [1.54, 1.807) is 4.68 Å². The van der Waals surface area contributed by atoms with Crippen LogP contribution in [-0.2, 0) is 4.79 Å². The van der Waals surface area contributed by atoms with Crippen LogP contribution in [0.15, 0.2) is 5.16 Å². The molecule has 21 heavy (non-hydrogen) atoms. The summed E-state index contributed by atoms with van der Waals surface area (Å²) in [5, 5.41) is 12.0. The van der Waals surface area contributed by atoms with Crippen LogP contribution < -0.4 is 11.2 Å². The molecule has 3 rings (SSSR count). The molecule has 116 valence electrons. The first-order valence-corrected chi connectivity index (χ1v) is 8.76. The van der Waals surface area contributed by atoms with Gasteiger partial charge in [0.2, 0.25) is 11.1 Å². The van der Waals surface area contributed by atoms with Crippen molar-refractivity contribution in [3.05, 3.63) is 5.82 Å². The second-order valence-electron chi connectivity index (χ2n) is 6.21. The number of carbonyl (C=O) groups excluding carboxylic acids is 1. The zero-order valence-electron chi connectivity index (χ0n) is 12.4. The van der Waals surface area contributed by atoms with Crippen LogP contribution in [0.2, 0.25) is 0 Å². The van der Waals surface area contributed by atoms with Gasteiger partial charge in [-0.15, -0.1) is 10.2 Å². The number of nitrogens with one attached hydrogen (secondary N) is 1. The van der Waals surface area contributed by atoms with Crippen LogP contribution in [0.1, 0.15) is 57.2 Å². The number of aromatic nitrogens is 3. The fraction of sp³-hybridized carbons (Fsp3) is 0.786. The molecule has 2 saturated carbocycles. The van der Waals surface area contributed by atoms with Gasteiger partial charge in [-0.3, -0.25) is 4.79 Å². The Bertz CT molecular complexity index is 513. The van der Waals surface area contributed by atoms with Gasteiger partial charge < -0.3 is 11.2 Å². The number of amides is 1. The molecule has 2 aliphatic carbocycles. The van der Waals surface area contributed by atoms with Crippen LogP contribution in [0.3, 0.4) is 0 Å². The first kappa shape index (κ1) is 14.7. The van der Waals surface area contributed by atoms with Gasteiger partial charge in [0.05, 0.1) is 5.75 Å². The second kappa shape index (κ2) is 6.25. The van der Waals surface area contributed by atoms with Crippen molar-refractivity contribution in [1.29, 1.82) is 0 Å². The van der Waals surface area contributed by atoms with Gasteiger partial charge in [-0.2, -0.15) is 0 Å². The molecule has 0 spiro atoms. The molecule has 0 radical (unpaired) electrons. The number of hydrogen-bond acceptors (Lipinski definition) is 5. The van der Waals surface area contributed by atoms with Gasteiger partial charge in [0.1, 0.15) is 0 Å². The summed E-state index contributed by atoms with van der Waals surface area (Å²) in [5.74, 6) is 8.28. The molecule has 1 aromatic rings. The third-order valence-corrected chi connectivity index (χ3v) is 5.37. The first-order valence-electron chi connectivity index (χ1n) is 7.77. The summed E-state index contributed by atoms with van der Waals surface area (Å²) < 4.78 is 1.54. The monoisotopic (exact) mass is 309 g/mol. The second-order valence-corrected chi connectivity index (χ2v) is 7.15. The van der Waals surface area contributed by atoms with Crippen LogP contribution in [-0.4, -0.2) is 32.6 Å². The Kier molecular flexibility index (Phi) is 4.37. The highest BCUT2D eigenvalue weighted by molar-refractivity contribution is 7.99. The summed E-state index contributed by atoms with van der Waals surface area (Å²) >= 11 is 1.36. The van der Waals surface area contributed by atoms with Crippen LogP contribution >= 0.6 is 11.8 Å². The molecule has 1 aromatic heterocycles. The van der Waals surface area contributed by atoms with Crippen molar-refractivity contribution >= 4 is 17.7 Å². The number of thioether (sulfide) groups is 1. The first-order chi connectivity index (χ1) is 10.1. The minimum absolute atomic E-state index is 0.0646. The lowest BCUT2D eigenvalue weighted by molar-refractivity contribution is -0.119. The SMILES string of the molecule is C[C@H]1CCCC[C@H]1NC(=O)CSc1nnc(C2CC2)n1N. The molecular weight excluding hydrogens is 286 g/mol. The molecule has 1 heterocycles. The molecule has 7 heteroatoms. The van der Waals surface area contributed by atoms with Crippen molar-refractivity contribution < 1.29 is 4.79 Å². The van der Waals surface area contributed by atoms with E-state index >= 15 is 0 Å². The van der Waals surface area contributed by atoms with Gasteiger partial charge in [0.25, 0.3) is 0 Å². The Morgan fingerprint density at radius 3 is 2.81 bits per heavy atom. The van der Waals surface area contributed by atoms with Gasteiger partial charge in [-0.05, 0) is 31.6 Å². The van der Waals surface area contributed by atoms with Gasteiger partial charge in [0, 0.05) is 12.0 Å². The Hall–Kier alpha value is -1.24. The molecule has 0 aromatic carbocycles. The van der Waals surface area contributed by atoms with Crippen molar-refractivity contribution in [1.82, 2.24) is 20.2 Å². The molecule has 0 saturated heterocycles. The molecular formula is C14H23N5OS. The van der Waals surface area contributed by atoms with Crippen molar-refractivity contribution in [2.24, 2.45) is 5.92 Å². The highest BCUT2D eigenvalue weighted by Crippen LogP contribution is 2.39. The molecule has 0 aliphatic heterocycles. The van der Waals surface area contributed by atoms with E-state index in [1.165, 1.54) is 31.0 Å². The fourth-order valence-electron chi connectivity index (χ4n) is 2.92. The molecule has 1 amide bonds. The highest BCUT2D eigenvalue weighted by atomic mass is 32.2. The molecule has 2 aliphatic rings. The third-order valence-electron chi connectivity index (χ3n) is 4.42. The highest BCUT2D eigenvalue weighted by Gasteiger charge is 2.30. The van der Waals surface area contributed by atoms with E-state index in [0.717, 1.165) is 25.1 Å². The van der Waals surface area contributed by atoms with E-state index in [9.17, 15) is 4.79 Å². The van der Waals surface area contributed by atoms with Gasteiger partial charge in [-0.25, -0.2) is 4.68 Å². The maximum Gasteiger partial charge on any atom is 0.230 e. The van der Waals surface area contributed by atoms with Crippen LogP contribution in [0.5, 0.6) is 0 Å². The van der Waals surface area contributed by atoms with E-state index < -0.39 is 0 Å². The fourth-order valence-corrected chi connectivity index (χ4v) is 3.59. The summed E-state index contributed by atoms with van der Waals surface area (Å²) in [6.45, 7) is 2.22. The summed E-state index contributed by atoms with van der Waals surface area (Å²) in [5.41, 5.74) is 0. The molecule has 6 nitrogen and oxygen atoms in total. The van der Waals surface area contributed by atoms with Crippen molar-refractivity contribution in [2.45, 2.75) is 62.6 Å². The van der Waals surface area contributed by atoms with E-state index in [-0.39, 0.29) is 5.91 Å². The maximum atomic E-state index is 12.1. The average Bonchev–Trinajstić information content (AvgIpc) is 3.24. The Balaban J connectivity index is 1.49. The summed E-state index contributed by atoms with van der Waals surface area (Å²) in [6.07, 6.45) is 7.07. The van der Waals surface area contributed by atoms with Crippen LogP contribution in [0.25, 0.3) is 0 Å². The molecule has 2 atom stereocenters. The molecule has 0 unspecified atom stereocenters. The average molecular weight is 309 g/mol. The number of nitrogens with zero attached hydrogens (tertiary/aromatic N) is 3. The summed E-state index contributed by atoms with van der Waals surface area (Å²) in [7, 11) is 0. The maximum absolute atomic E-state index is 12.1. The Morgan fingerprint density at radius 1 is 1.33 bits per heavy atom. The number of nitrogens with two attached hydrogens (primary N) is 1. The normalized spacial score (nSPS) is 25.8. The predicted octanol–water partition coefficient (Wildman–Crippen LogP) is 1.66. The van der Waals surface area contributed by atoms with Crippen molar-refractivity contribution in [3.8, 4) is 0 Å². The topological polar surface area (TPSA) is 85.8 Å². The lowest BCUT2D eigenvalue weighted by Crippen LogP contribution is -2.41. The van der Waals surface area contributed by atoms with E-state index in [1.807, 2.05) is 0 Å². The predicted molar refractivity (Wildman–Crippen MR) is 82.4 cm³/mol. The van der Waals surface area contributed by atoms with Gasteiger partial charge in [0.15, 0.2) is 5.82 Å². The quantitative estimate of drug-likeness (QED) is 0.638. The summed E-state index contributed by atoms with van der Waals surface area (Å²) in [6, 6.07) is 0.324. The smallest absolute Gasteiger partial charge is 0.230 e. The van der Waals surface area contributed by atoms with Gasteiger partial charge >= 0.3 is 0 Å². The minimum Gasteiger partial charge on any atom is -0.352 e. The molecule has 2 fully saturated rings. The van der Waals surface area contributed by atoms with E-state index in [0.29, 0.717) is 28.8 Å². The third kappa shape index (κ3) is 3.51. The number of rotatable bonds is 5. The van der Waals surface area contributed by atoms with Crippen molar-refractivity contribution in [2.75, 3.05) is 11.6 Å². The van der Waals surface area contributed by atoms with Crippen molar-refractivity contribution in [3.63, 3.8) is 0 Å². The molecule has 0 bridgehead atoms. The Morgan fingerprint density at radius 2 is 2.10 bits per heavy atom. The zero-order valence-corrected chi connectivity index (χ0v) is 13.2. The Labute approximate surface area is 129 Å². The zero-order chi connectivity index (χ0) is 14.8. The number of hydrogen-bond donors (Lipinski definition) is 2. The largest absolute Gasteiger partial charge is 0.352 e. The molecule has 3 N–H and O–H groups in total. The lowest BCUT2D eigenvalue weighted by Gasteiger charge is -2.29. The van der Waals surface area contributed by atoms with E-state index in [2.05, 4.69) is 22.4 Å².